The Bertz CT molecular complexity index is 168. The zero-order valence-electron chi connectivity index (χ0n) is 9.13. The molecule has 1 rings (SSSR count). The number of hydrogen-bond acceptors (Lipinski definition) is 3. The standard InChI is InChI=1S/C10H21N2O/c1-8(2)5-9-6-12(13)10(3,4)7-11-9/h8-9,11H,5-7H2,1-4H3/q-1. The van der Waals surface area contributed by atoms with E-state index in [9.17, 15) is 5.21 Å². The molecule has 1 aliphatic heterocycles. The molecule has 0 aliphatic carbocycles. The second-order valence-electron chi connectivity index (χ2n) is 5.08. The SMILES string of the molecule is CC(C)CC1CN([O-])C(C)(C)CN1. The molecule has 1 atom stereocenters. The van der Waals surface area contributed by atoms with Gasteiger partial charge < -0.3 is 15.6 Å². The summed E-state index contributed by atoms with van der Waals surface area (Å²) in [7, 11) is 0. The van der Waals surface area contributed by atoms with E-state index in [0.29, 0.717) is 18.5 Å². The molecule has 1 unspecified atom stereocenters. The molecule has 0 spiro atoms. The molecule has 78 valence electrons. The van der Waals surface area contributed by atoms with Crippen molar-refractivity contribution in [3.8, 4) is 0 Å². The maximum Gasteiger partial charge on any atom is 0.0189 e. The van der Waals surface area contributed by atoms with E-state index in [1.165, 1.54) is 5.06 Å². The molecule has 1 fully saturated rings. The highest BCUT2D eigenvalue weighted by Crippen LogP contribution is 2.19. The lowest BCUT2D eigenvalue weighted by Gasteiger charge is -2.51. The van der Waals surface area contributed by atoms with E-state index in [-0.39, 0.29) is 5.54 Å². The van der Waals surface area contributed by atoms with Crippen molar-refractivity contribution >= 4 is 0 Å². The van der Waals surface area contributed by atoms with Crippen molar-refractivity contribution in [2.24, 2.45) is 5.92 Å². The minimum Gasteiger partial charge on any atom is -0.785 e. The van der Waals surface area contributed by atoms with Crippen molar-refractivity contribution < 1.29 is 0 Å². The van der Waals surface area contributed by atoms with Gasteiger partial charge in [-0.3, -0.25) is 0 Å². The molecule has 0 radical (unpaired) electrons. The summed E-state index contributed by atoms with van der Waals surface area (Å²) in [6, 6.07) is 0.380. The highest BCUT2D eigenvalue weighted by Gasteiger charge is 2.27. The van der Waals surface area contributed by atoms with Crippen molar-refractivity contribution in [3.05, 3.63) is 5.21 Å². The number of rotatable bonds is 2. The third kappa shape index (κ3) is 2.93. The van der Waals surface area contributed by atoms with Crippen LogP contribution in [0.5, 0.6) is 0 Å². The zero-order valence-corrected chi connectivity index (χ0v) is 9.13. The van der Waals surface area contributed by atoms with Gasteiger partial charge in [0.1, 0.15) is 0 Å². The first-order valence-electron chi connectivity index (χ1n) is 5.10. The number of nitrogens with one attached hydrogen (secondary N) is 1. The predicted octanol–water partition coefficient (Wildman–Crippen LogP) is 1.58. The van der Waals surface area contributed by atoms with Crippen molar-refractivity contribution in [1.82, 2.24) is 10.4 Å². The van der Waals surface area contributed by atoms with Crippen LogP contribution in [0.25, 0.3) is 0 Å². The summed E-state index contributed by atoms with van der Waals surface area (Å²) in [5, 5.41) is 16.2. The van der Waals surface area contributed by atoms with Gasteiger partial charge in [-0.05, 0) is 26.2 Å². The summed E-state index contributed by atoms with van der Waals surface area (Å²) in [5.41, 5.74) is -0.229. The molecule has 0 aromatic heterocycles. The van der Waals surface area contributed by atoms with E-state index in [2.05, 4.69) is 19.2 Å². The molecule has 0 aromatic rings. The number of hydrogen-bond donors (Lipinski definition) is 1. The maximum absolute atomic E-state index is 11.6. The normalized spacial score (nSPS) is 29.5. The molecule has 0 aromatic carbocycles. The number of hydroxylamine groups is 2. The molecular formula is C10H21N2O-. The van der Waals surface area contributed by atoms with E-state index in [1.807, 2.05) is 13.8 Å². The predicted molar refractivity (Wildman–Crippen MR) is 55.4 cm³/mol. The minimum absolute atomic E-state index is 0.229. The Kier molecular flexibility index (Phi) is 3.33. The Morgan fingerprint density at radius 3 is 2.62 bits per heavy atom. The molecule has 1 N–H and O–H groups in total. The molecule has 0 saturated carbocycles. The molecule has 13 heavy (non-hydrogen) atoms. The van der Waals surface area contributed by atoms with Crippen LogP contribution in [0.15, 0.2) is 0 Å². The molecule has 1 saturated heterocycles. The Balaban J connectivity index is 2.42. The Labute approximate surface area is 81.1 Å². The highest BCUT2D eigenvalue weighted by molar-refractivity contribution is 4.93. The summed E-state index contributed by atoms with van der Waals surface area (Å²) in [6.07, 6.45) is 1.09. The summed E-state index contributed by atoms with van der Waals surface area (Å²) in [5.74, 6) is 0.659. The fourth-order valence-corrected chi connectivity index (χ4v) is 1.72. The van der Waals surface area contributed by atoms with Gasteiger partial charge in [0.15, 0.2) is 0 Å². The van der Waals surface area contributed by atoms with Crippen LogP contribution in [0.1, 0.15) is 34.1 Å². The van der Waals surface area contributed by atoms with Crippen molar-refractivity contribution in [2.45, 2.75) is 45.7 Å². The summed E-state index contributed by atoms with van der Waals surface area (Å²) in [4.78, 5) is 0. The summed E-state index contributed by atoms with van der Waals surface area (Å²) < 4.78 is 0. The lowest BCUT2D eigenvalue weighted by Crippen LogP contribution is -2.59. The van der Waals surface area contributed by atoms with Gasteiger partial charge in [0.25, 0.3) is 0 Å². The molecule has 0 bridgehead atoms. The van der Waals surface area contributed by atoms with Crippen LogP contribution in [0.4, 0.5) is 0 Å². The second-order valence-corrected chi connectivity index (χ2v) is 5.08. The number of piperazine rings is 1. The zero-order chi connectivity index (χ0) is 10.1. The van der Waals surface area contributed by atoms with Crippen LogP contribution in [0, 0.1) is 11.1 Å². The van der Waals surface area contributed by atoms with Gasteiger partial charge in [-0.1, -0.05) is 13.8 Å². The van der Waals surface area contributed by atoms with E-state index >= 15 is 0 Å². The molecule has 3 heteroatoms. The Morgan fingerprint density at radius 1 is 1.54 bits per heavy atom. The van der Waals surface area contributed by atoms with Gasteiger partial charge in [0.05, 0.1) is 0 Å². The second kappa shape index (κ2) is 3.95. The smallest absolute Gasteiger partial charge is 0.0189 e. The third-order valence-corrected chi connectivity index (χ3v) is 2.64. The van der Waals surface area contributed by atoms with Gasteiger partial charge in [0.2, 0.25) is 0 Å². The quantitative estimate of drug-likeness (QED) is 0.710. The van der Waals surface area contributed by atoms with E-state index in [0.717, 1.165) is 13.0 Å². The lowest BCUT2D eigenvalue weighted by molar-refractivity contribution is 0.110. The summed E-state index contributed by atoms with van der Waals surface area (Å²) >= 11 is 0. The third-order valence-electron chi connectivity index (χ3n) is 2.64. The Hall–Kier alpha value is -0.120. The maximum atomic E-state index is 11.6. The lowest BCUT2D eigenvalue weighted by atomic mass is 9.96. The van der Waals surface area contributed by atoms with Crippen molar-refractivity contribution in [3.63, 3.8) is 0 Å². The average molecular weight is 185 g/mol. The van der Waals surface area contributed by atoms with Gasteiger partial charge in [-0.25, -0.2) is 0 Å². The first-order chi connectivity index (χ1) is 5.92. The van der Waals surface area contributed by atoms with E-state index in [1.54, 1.807) is 0 Å². The van der Waals surface area contributed by atoms with Gasteiger partial charge >= 0.3 is 0 Å². The number of nitrogens with zero attached hydrogens (tertiary/aromatic N) is 1. The van der Waals surface area contributed by atoms with Crippen LogP contribution >= 0.6 is 0 Å². The average Bonchev–Trinajstić information content (AvgIpc) is 1.97. The van der Waals surface area contributed by atoms with Crippen LogP contribution in [0.3, 0.4) is 0 Å². The first kappa shape index (κ1) is 11.0. The topological polar surface area (TPSA) is 38.3 Å². The first-order valence-corrected chi connectivity index (χ1v) is 5.10. The molecule has 0 amide bonds. The molecule has 3 nitrogen and oxygen atoms in total. The molecular weight excluding hydrogens is 164 g/mol. The fraction of sp³-hybridized carbons (Fsp3) is 1.00. The van der Waals surface area contributed by atoms with Crippen LogP contribution < -0.4 is 5.32 Å². The van der Waals surface area contributed by atoms with Crippen LogP contribution in [0.2, 0.25) is 0 Å². The van der Waals surface area contributed by atoms with Gasteiger partial charge in [-0.15, -0.1) is 0 Å². The summed E-state index contributed by atoms with van der Waals surface area (Å²) in [6.45, 7) is 9.78. The van der Waals surface area contributed by atoms with Crippen molar-refractivity contribution in [2.75, 3.05) is 13.1 Å². The minimum atomic E-state index is -0.229. The molecule has 1 aliphatic rings. The fourth-order valence-electron chi connectivity index (χ4n) is 1.72. The van der Waals surface area contributed by atoms with Crippen LogP contribution in [-0.2, 0) is 0 Å². The van der Waals surface area contributed by atoms with Crippen molar-refractivity contribution in [1.29, 1.82) is 0 Å². The van der Waals surface area contributed by atoms with Gasteiger partial charge in [-0.2, -0.15) is 0 Å². The molecule has 1 heterocycles. The Morgan fingerprint density at radius 2 is 2.15 bits per heavy atom. The largest absolute Gasteiger partial charge is 0.785 e. The van der Waals surface area contributed by atoms with Crippen LogP contribution in [-0.4, -0.2) is 29.7 Å². The van der Waals surface area contributed by atoms with Gasteiger partial charge in [0, 0.05) is 24.7 Å². The van der Waals surface area contributed by atoms with E-state index < -0.39 is 0 Å². The van der Waals surface area contributed by atoms with E-state index in [4.69, 9.17) is 0 Å². The highest BCUT2D eigenvalue weighted by atomic mass is 16.5. The monoisotopic (exact) mass is 185 g/mol.